The number of anilines is 2. The molecule has 3 N–H and O–H groups in total. The molecule has 184 valence electrons. The van der Waals surface area contributed by atoms with Crippen molar-refractivity contribution in [2.75, 3.05) is 49.6 Å². The molecule has 2 aromatic carbocycles. The average Bonchev–Trinajstić information content (AvgIpc) is 2.80. The van der Waals surface area contributed by atoms with Gasteiger partial charge in [0, 0.05) is 55.5 Å². The molecule has 12 heteroatoms. The van der Waals surface area contributed by atoms with Gasteiger partial charge in [-0.25, -0.2) is 13.2 Å². The van der Waals surface area contributed by atoms with Gasteiger partial charge in [-0.3, -0.25) is 9.69 Å². The lowest BCUT2D eigenvalue weighted by molar-refractivity contribution is 0.0993. The van der Waals surface area contributed by atoms with Crippen LogP contribution in [0.2, 0.25) is 10.0 Å². The molecule has 1 heterocycles. The Hall–Kier alpha value is -2.53. The Labute approximate surface area is 208 Å². The molecular formula is C22H26Cl2N4O5S. The molecule has 0 atom stereocenters. The van der Waals surface area contributed by atoms with E-state index in [4.69, 9.17) is 34.0 Å². The van der Waals surface area contributed by atoms with Crippen molar-refractivity contribution in [3.63, 3.8) is 0 Å². The molecule has 1 saturated heterocycles. The van der Waals surface area contributed by atoms with Crippen LogP contribution in [0.25, 0.3) is 0 Å². The number of benzene rings is 2. The predicted octanol–water partition coefficient (Wildman–Crippen LogP) is 3.44. The maximum atomic E-state index is 13.3. The first-order valence-electron chi connectivity index (χ1n) is 10.5. The van der Waals surface area contributed by atoms with Crippen LogP contribution in [0.4, 0.5) is 16.2 Å². The van der Waals surface area contributed by atoms with Crippen molar-refractivity contribution in [1.82, 2.24) is 9.80 Å². The van der Waals surface area contributed by atoms with Crippen LogP contribution in [-0.2, 0) is 16.4 Å². The zero-order chi connectivity index (χ0) is 25.2. The number of carbonyl (C=O) groups is 2. The van der Waals surface area contributed by atoms with Gasteiger partial charge < -0.3 is 20.6 Å². The number of piperazine rings is 1. The number of amides is 2. The van der Waals surface area contributed by atoms with Crippen LogP contribution < -0.4 is 10.6 Å². The Balaban J connectivity index is 1.85. The van der Waals surface area contributed by atoms with Crippen LogP contribution in [0, 0.1) is 0 Å². The molecule has 1 fully saturated rings. The minimum absolute atomic E-state index is 0.00274. The van der Waals surface area contributed by atoms with Gasteiger partial charge in [0.15, 0.2) is 9.84 Å². The molecule has 2 aromatic rings. The van der Waals surface area contributed by atoms with E-state index in [1.54, 1.807) is 6.07 Å². The van der Waals surface area contributed by atoms with Gasteiger partial charge in [-0.1, -0.05) is 30.1 Å². The smallest absolute Gasteiger partial charge is 0.407 e. The second kappa shape index (κ2) is 10.4. The van der Waals surface area contributed by atoms with Gasteiger partial charge in [0.1, 0.15) is 0 Å². The number of sulfone groups is 1. The average molecular weight is 529 g/mol. The van der Waals surface area contributed by atoms with Gasteiger partial charge in [0.25, 0.3) is 5.91 Å². The van der Waals surface area contributed by atoms with Gasteiger partial charge in [0.05, 0.1) is 21.9 Å². The van der Waals surface area contributed by atoms with Crippen LogP contribution in [0.15, 0.2) is 35.2 Å². The standard InChI is InChI=1S/C22H26Cl2N4O5S/c1-3-34(32,33)20-5-4-15(23)11-19(20)26(2)21(29)16-12-17(24)14(10-18(16)25)13-27-6-8-28(9-7-27)22(30)31/h4-5,10-12H,3,6-9,13,25H2,1-2H3,(H,30,31). The Morgan fingerprint density at radius 2 is 1.76 bits per heavy atom. The van der Waals surface area contributed by atoms with Gasteiger partial charge in [-0.15, -0.1) is 0 Å². The maximum absolute atomic E-state index is 13.3. The van der Waals surface area contributed by atoms with Crippen molar-refractivity contribution in [2.45, 2.75) is 18.4 Å². The van der Waals surface area contributed by atoms with E-state index in [0.717, 1.165) is 0 Å². The summed E-state index contributed by atoms with van der Waals surface area (Å²) in [5.74, 6) is -0.664. The summed E-state index contributed by atoms with van der Waals surface area (Å²) in [4.78, 5) is 29.0. The fourth-order valence-electron chi connectivity index (χ4n) is 3.74. The number of rotatable bonds is 6. The topological polar surface area (TPSA) is 124 Å². The van der Waals surface area contributed by atoms with Crippen molar-refractivity contribution in [1.29, 1.82) is 0 Å². The van der Waals surface area contributed by atoms with Crippen molar-refractivity contribution < 1.29 is 23.1 Å². The zero-order valence-electron chi connectivity index (χ0n) is 18.8. The number of halogens is 2. The van der Waals surface area contributed by atoms with E-state index in [0.29, 0.717) is 43.3 Å². The molecule has 3 rings (SSSR count). The molecule has 0 saturated carbocycles. The van der Waals surface area contributed by atoms with Gasteiger partial charge >= 0.3 is 6.09 Å². The van der Waals surface area contributed by atoms with E-state index in [2.05, 4.69) is 4.90 Å². The predicted molar refractivity (Wildman–Crippen MR) is 133 cm³/mol. The number of hydrogen-bond donors (Lipinski definition) is 2. The highest BCUT2D eigenvalue weighted by atomic mass is 35.5. The van der Waals surface area contributed by atoms with Crippen molar-refractivity contribution >= 4 is 56.4 Å². The van der Waals surface area contributed by atoms with E-state index < -0.39 is 21.8 Å². The summed E-state index contributed by atoms with van der Waals surface area (Å²) < 4.78 is 25.1. The number of nitrogen functional groups attached to an aromatic ring is 1. The summed E-state index contributed by atoms with van der Waals surface area (Å²) in [6, 6.07) is 7.35. The van der Waals surface area contributed by atoms with Crippen LogP contribution in [0.3, 0.4) is 0 Å². The van der Waals surface area contributed by atoms with E-state index in [-0.39, 0.29) is 32.6 Å². The summed E-state index contributed by atoms with van der Waals surface area (Å²) in [5, 5.41) is 9.71. The SMILES string of the molecule is CCS(=O)(=O)c1ccc(Cl)cc1N(C)C(=O)c1cc(Cl)c(CN2CCN(C(=O)O)CC2)cc1N. The van der Waals surface area contributed by atoms with Crippen LogP contribution in [0.1, 0.15) is 22.8 Å². The summed E-state index contributed by atoms with van der Waals surface area (Å²) in [7, 11) is -2.16. The van der Waals surface area contributed by atoms with E-state index in [9.17, 15) is 18.0 Å². The summed E-state index contributed by atoms with van der Waals surface area (Å²) >= 11 is 12.6. The van der Waals surface area contributed by atoms with Crippen LogP contribution in [-0.4, -0.2) is 74.3 Å². The first-order chi connectivity index (χ1) is 15.9. The monoisotopic (exact) mass is 528 g/mol. The van der Waals surface area contributed by atoms with Crippen molar-refractivity contribution in [2.24, 2.45) is 0 Å². The molecule has 0 bridgehead atoms. The molecule has 9 nitrogen and oxygen atoms in total. The molecule has 2 amide bonds. The maximum Gasteiger partial charge on any atom is 0.407 e. The molecule has 0 aliphatic carbocycles. The molecule has 0 radical (unpaired) electrons. The van der Waals surface area contributed by atoms with E-state index in [1.807, 2.05) is 0 Å². The molecule has 0 aromatic heterocycles. The normalized spacial score (nSPS) is 14.8. The third-order valence-electron chi connectivity index (χ3n) is 5.79. The second-order valence-electron chi connectivity index (χ2n) is 7.96. The fraction of sp³-hybridized carbons (Fsp3) is 0.364. The Morgan fingerprint density at radius 3 is 2.35 bits per heavy atom. The largest absolute Gasteiger partial charge is 0.465 e. The van der Waals surface area contributed by atoms with Gasteiger partial charge in [0.2, 0.25) is 0 Å². The highest BCUT2D eigenvalue weighted by molar-refractivity contribution is 7.91. The summed E-state index contributed by atoms with van der Waals surface area (Å²) in [6.45, 7) is 3.87. The lowest BCUT2D eigenvalue weighted by Crippen LogP contribution is -2.47. The van der Waals surface area contributed by atoms with E-state index in [1.165, 1.54) is 48.0 Å². The minimum Gasteiger partial charge on any atom is -0.465 e. The van der Waals surface area contributed by atoms with Crippen LogP contribution in [0.5, 0.6) is 0 Å². The third kappa shape index (κ3) is 5.57. The van der Waals surface area contributed by atoms with Crippen LogP contribution >= 0.6 is 23.2 Å². The summed E-state index contributed by atoms with van der Waals surface area (Å²) in [5.41, 5.74) is 7.38. The molecule has 1 aliphatic heterocycles. The molecule has 1 aliphatic rings. The lowest BCUT2D eigenvalue weighted by Gasteiger charge is -2.33. The highest BCUT2D eigenvalue weighted by Crippen LogP contribution is 2.32. The summed E-state index contributed by atoms with van der Waals surface area (Å²) in [6.07, 6.45) is -0.941. The first-order valence-corrected chi connectivity index (χ1v) is 12.9. The second-order valence-corrected chi connectivity index (χ2v) is 11.0. The number of carbonyl (C=O) groups excluding carboxylic acids is 1. The van der Waals surface area contributed by atoms with E-state index >= 15 is 0 Å². The Morgan fingerprint density at radius 1 is 1.12 bits per heavy atom. The number of carboxylic acid groups (broad SMARTS) is 1. The fourth-order valence-corrected chi connectivity index (χ4v) is 5.23. The molecule has 0 spiro atoms. The number of nitrogens with two attached hydrogens (primary N) is 1. The number of nitrogens with zero attached hydrogens (tertiary/aromatic N) is 3. The Bertz CT molecular complexity index is 1210. The third-order valence-corrected chi connectivity index (χ3v) is 8.15. The molecule has 34 heavy (non-hydrogen) atoms. The quantitative estimate of drug-likeness (QED) is 0.550. The van der Waals surface area contributed by atoms with Crippen molar-refractivity contribution in [3.8, 4) is 0 Å². The molecular weight excluding hydrogens is 503 g/mol. The first kappa shape index (κ1) is 26.1. The zero-order valence-corrected chi connectivity index (χ0v) is 21.1. The van der Waals surface area contributed by atoms with Crippen molar-refractivity contribution in [3.05, 3.63) is 51.5 Å². The van der Waals surface area contributed by atoms with Gasteiger partial charge in [-0.05, 0) is 35.9 Å². The Kier molecular flexibility index (Phi) is 7.97. The highest BCUT2D eigenvalue weighted by Gasteiger charge is 2.26. The van der Waals surface area contributed by atoms with Gasteiger partial charge in [-0.2, -0.15) is 0 Å². The number of hydrogen-bond acceptors (Lipinski definition) is 6. The lowest BCUT2D eigenvalue weighted by atomic mass is 10.1. The molecule has 0 unspecified atom stereocenters. The minimum atomic E-state index is -3.61.